The molecule has 0 atom stereocenters. The molecule has 10 heteroatoms. The Morgan fingerprint density at radius 1 is 0.917 bits per heavy atom. The summed E-state index contributed by atoms with van der Waals surface area (Å²) < 4.78 is 12.4. The van der Waals surface area contributed by atoms with E-state index in [1.54, 1.807) is 23.0 Å². The van der Waals surface area contributed by atoms with Crippen molar-refractivity contribution in [3.8, 4) is 22.7 Å². The lowest BCUT2D eigenvalue weighted by molar-refractivity contribution is -0.808. The summed E-state index contributed by atoms with van der Waals surface area (Å²) >= 11 is 0. The molecule has 0 aliphatic carbocycles. The van der Waals surface area contributed by atoms with Crippen LogP contribution in [0.2, 0.25) is 0 Å². The quantitative estimate of drug-likeness (QED) is 0.336. The zero-order valence-electron chi connectivity index (χ0n) is 18.9. The lowest BCUT2D eigenvalue weighted by Gasteiger charge is -2.09. The van der Waals surface area contributed by atoms with Gasteiger partial charge < -0.3 is 15.3 Å². The smallest absolute Gasteiger partial charge is 0.255 e. The summed E-state index contributed by atoms with van der Waals surface area (Å²) in [6, 6.07) is 26.5. The molecule has 0 radical (unpaired) electrons. The topological polar surface area (TPSA) is 118 Å². The van der Waals surface area contributed by atoms with Gasteiger partial charge in [0.15, 0.2) is 12.3 Å². The maximum atomic E-state index is 12.1. The third-order valence-corrected chi connectivity index (χ3v) is 5.61. The normalized spacial score (nSPS) is 11.0. The minimum absolute atomic E-state index is 0.00913. The molecule has 0 fully saturated rings. The fourth-order valence-corrected chi connectivity index (χ4v) is 3.83. The Morgan fingerprint density at radius 2 is 1.67 bits per heavy atom. The molecule has 0 bridgehead atoms. The van der Waals surface area contributed by atoms with Crippen LogP contribution in [0.1, 0.15) is 5.69 Å². The van der Waals surface area contributed by atoms with Crippen LogP contribution in [0.4, 0.5) is 11.5 Å². The fraction of sp³-hybridized carbons (Fsp3) is 0.0385. The zero-order chi connectivity index (χ0) is 24.3. The molecule has 0 amide bonds. The first kappa shape index (κ1) is 21.3. The molecule has 6 aromatic rings. The number of anilines is 2. The van der Waals surface area contributed by atoms with Crippen molar-refractivity contribution in [2.75, 3.05) is 5.32 Å². The number of nitrogens with one attached hydrogen (secondary N) is 1. The highest BCUT2D eigenvalue weighted by Gasteiger charge is 2.21. The van der Waals surface area contributed by atoms with E-state index in [0.29, 0.717) is 33.5 Å². The van der Waals surface area contributed by atoms with Gasteiger partial charge in [-0.25, -0.2) is 14.6 Å². The Morgan fingerprint density at radius 3 is 2.44 bits per heavy atom. The standard InChI is InChI=1S/C26H19N7O3/c34-33-23(24(31-36-33)18-7-3-1-4-8-18)16-35-21-13-11-19(12-14-21)30-25-22-15-29-32(26(22)28-17-27-25)20-9-5-2-6-10-20/h1-15,17H,16H2,(H,27,28,30). The number of rotatable bonds is 7. The van der Waals surface area contributed by atoms with Crippen LogP contribution in [-0.2, 0) is 6.61 Å². The molecule has 6 rings (SSSR count). The highest BCUT2D eigenvalue weighted by molar-refractivity contribution is 5.89. The van der Waals surface area contributed by atoms with Crippen LogP contribution < -0.4 is 15.0 Å². The molecule has 0 unspecified atom stereocenters. The van der Waals surface area contributed by atoms with Gasteiger partial charge in [0.2, 0.25) is 5.69 Å². The first-order valence-electron chi connectivity index (χ1n) is 11.1. The second-order valence-corrected chi connectivity index (χ2v) is 7.88. The van der Waals surface area contributed by atoms with Crippen molar-refractivity contribution in [1.82, 2.24) is 24.9 Å². The molecule has 0 spiro atoms. The van der Waals surface area contributed by atoms with Crippen LogP contribution in [0.5, 0.6) is 5.75 Å². The van der Waals surface area contributed by atoms with Crippen LogP contribution in [0, 0.1) is 5.21 Å². The second kappa shape index (κ2) is 9.18. The molecule has 3 aromatic heterocycles. The van der Waals surface area contributed by atoms with E-state index >= 15 is 0 Å². The zero-order valence-corrected chi connectivity index (χ0v) is 18.9. The van der Waals surface area contributed by atoms with Crippen molar-refractivity contribution in [1.29, 1.82) is 0 Å². The van der Waals surface area contributed by atoms with Crippen LogP contribution >= 0.6 is 0 Å². The second-order valence-electron chi connectivity index (χ2n) is 7.88. The van der Waals surface area contributed by atoms with Crippen LogP contribution in [0.15, 0.2) is 102 Å². The Hall–Kier alpha value is -5.25. The Bertz CT molecular complexity index is 1610. The van der Waals surface area contributed by atoms with E-state index in [-0.39, 0.29) is 6.61 Å². The van der Waals surface area contributed by atoms with Gasteiger partial charge in [-0.3, -0.25) is 4.63 Å². The van der Waals surface area contributed by atoms with Gasteiger partial charge in [-0.05, 0) is 41.3 Å². The summed E-state index contributed by atoms with van der Waals surface area (Å²) in [5.41, 5.74) is 3.95. The van der Waals surface area contributed by atoms with Crippen molar-refractivity contribution in [3.63, 3.8) is 0 Å². The molecule has 0 aliphatic rings. The lowest BCUT2D eigenvalue weighted by atomic mass is 10.1. The van der Waals surface area contributed by atoms with Gasteiger partial charge in [-0.1, -0.05) is 48.5 Å². The molecule has 3 aromatic carbocycles. The van der Waals surface area contributed by atoms with Crippen LogP contribution in [0.3, 0.4) is 0 Å². The van der Waals surface area contributed by atoms with Gasteiger partial charge in [0.1, 0.15) is 17.9 Å². The molecule has 0 saturated heterocycles. The van der Waals surface area contributed by atoms with Crippen LogP contribution in [0.25, 0.3) is 28.0 Å². The maximum Gasteiger partial charge on any atom is 0.255 e. The fourth-order valence-electron chi connectivity index (χ4n) is 3.83. The highest BCUT2D eigenvalue weighted by atomic mass is 16.8. The molecule has 3 heterocycles. The van der Waals surface area contributed by atoms with Crippen molar-refractivity contribution in [2.45, 2.75) is 6.61 Å². The number of ether oxygens (including phenoxy) is 1. The summed E-state index contributed by atoms with van der Waals surface area (Å²) in [6.07, 6.45) is 3.24. The number of nitrogens with zero attached hydrogens (tertiary/aromatic N) is 6. The Balaban J connectivity index is 1.18. The van der Waals surface area contributed by atoms with Gasteiger partial charge >= 0.3 is 0 Å². The largest absolute Gasteiger partial charge is 0.485 e. The molecule has 0 aliphatic heterocycles. The van der Waals surface area contributed by atoms with Crippen molar-refractivity contribution < 1.29 is 14.3 Å². The summed E-state index contributed by atoms with van der Waals surface area (Å²) in [7, 11) is 0. The average molecular weight is 477 g/mol. The van der Waals surface area contributed by atoms with E-state index in [1.807, 2.05) is 72.8 Å². The number of fused-ring (bicyclic) bond motifs is 1. The summed E-state index contributed by atoms with van der Waals surface area (Å²) in [5.74, 6) is 1.23. The summed E-state index contributed by atoms with van der Waals surface area (Å²) in [6.45, 7) is 0.00913. The molecule has 10 nitrogen and oxygen atoms in total. The number of para-hydroxylation sites is 1. The van der Waals surface area contributed by atoms with Gasteiger partial charge in [0.05, 0.1) is 17.3 Å². The lowest BCUT2D eigenvalue weighted by Crippen LogP contribution is -2.29. The van der Waals surface area contributed by atoms with Gasteiger partial charge in [-0.2, -0.15) is 5.10 Å². The minimum atomic E-state index is 0.00913. The Kier molecular flexibility index (Phi) is 5.43. The monoisotopic (exact) mass is 477 g/mol. The van der Waals surface area contributed by atoms with E-state index in [0.717, 1.165) is 22.3 Å². The van der Waals surface area contributed by atoms with E-state index in [2.05, 4.69) is 25.5 Å². The first-order chi connectivity index (χ1) is 17.8. The van der Waals surface area contributed by atoms with E-state index in [4.69, 9.17) is 9.37 Å². The number of aromatic nitrogens is 6. The predicted octanol–water partition coefficient (Wildman–Crippen LogP) is 4.43. The summed E-state index contributed by atoms with van der Waals surface area (Å²) in [5, 5.41) is 24.5. The number of hydrogen-bond acceptors (Lipinski definition) is 8. The van der Waals surface area contributed by atoms with Crippen molar-refractivity contribution in [2.24, 2.45) is 0 Å². The maximum absolute atomic E-state index is 12.1. The average Bonchev–Trinajstić information content (AvgIpc) is 3.53. The highest BCUT2D eigenvalue weighted by Crippen LogP contribution is 2.26. The molecule has 176 valence electrons. The molecule has 0 saturated carbocycles. The number of hydrogen-bond donors (Lipinski definition) is 1. The number of benzene rings is 3. The third-order valence-electron chi connectivity index (χ3n) is 5.61. The molecular weight excluding hydrogens is 458 g/mol. The van der Waals surface area contributed by atoms with Crippen molar-refractivity contribution >= 4 is 22.5 Å². The Labute approximate surface area is 205 Å². The molecule has 1 N–H and O–H groups in total. The predicted molar refractivity (Wildman–Crippen MR) is 132 cm³/mol. The summed E-state index contributed by atoms with van der Waals surface area (Å²) in [4.78, 5) is 9.17. The van der Waals surface area contributed by atoms with Gasteiger partial charge in [-0.15, -0.1) is 0 Å². The van der Waals surface area contributed by atoms with Crippen LogP contribution in [-0.4, -0.2) is 24.9 Å². The first-order valence-corrected chi connectivity index (χ1v) is 11.1. The molecular formula is C26H19N7O3. The van der Waals surface area contributed by atoms with Crippen molar-refractivity contribution in [3.05, 3.63) is 108 Å². The molecule has 36 heavy (non-hydrogen) atoms. The van der Waals surface area contributed by atoms with E-state index in [1.165, 1.54) is 6.33 Å². The van der Waals surface area contributed by atoms with Gasteiger partial charge in [0, 0.05) is 16.4 Å². The van der Waals surface area contributed by atoms with Gasteiger partial charge in [0.25, 0.3) is 5.69 Å². The SMILES string of the molecule is [O-][n+]1onc(-c2ccccc2)c1COc1ccc(Nc2ncnc3c2cnn3-c2ccccc2)cc1. The van der Waals surface area contributed by atoms with E-state index in [9.17, 15) is 5.21 Å². The minimum Gasteiger partial charge on any atom is -0.485 e. The van der Waals surface area contributed by atoms with E-state index < -0.39 is 0 Å². The third kappa shape index (κ3) is 4.07.